The van der Waals surface area contributed by atoms with Crippen molar-refractivity contribution in [3.8, 4) is 0 Å². The molecule has 0 unspecified atom stereocenters. The predicted octanol–water partition coefficient (Wildman–Crippen LogP) is 2.79. The number of hydrogen-bond acceptors (Lipinski definition) is 3. The molecule has 0 spiro atoms. The normalized spacial score (nSPS) is 10.6. The number of nitrogens with one attached hydrogen (secondary N) is 1. The average molecular weight is 338 g/mol. The molecule has 2 aromatic rings. The number of aliphatic hydroxyl groups excluding tert-OH is 1. The molecule has 0 radical (unpaired) electrons. The molecule has 5 heteroatoms. The van der Waals surface area contributed by atoms with Crippen LogP contribution in [-0.2, 0) is 4.79 Å². The van der Waals surface area contributed by atoms with Gasteiger partial charge in [0.2, 0.25) is 5.91 Å². The highest BCUT2D eigenvalue weighted by atomic mass is 16.3. The molecule has 0 heterocycles. The van der Waals surface area contributed by atoms with E-state index < -0.39 is 0 Å². The first-order valence-corrected chi connectivity index (χ1v) is 8.09. The molecule has 0 aliphatic rings. The molecule has 2 amide bonds. The second kappa shape index (κ2) is 9.39. The molecule has 2 rings (SSSR count). The number of anilines is 1. The van der Waals surface area contributed by atoms with E-state index in [1.54, 1.807) is 29.2 Å². The maximum atomic E-state index is 12.7. The van der Waals surface area contributed by atoms with Gasteiger partial charge in [-0.25, -0.2) is 0 Å². The van der Waals surface area contributed by atoms with E-state index in [0.29, 0.717) is 17.8 Å². The molecule has 0 saturated carbocycles. The topological polar surface area (TPSA) is 69.6 Å². The van der Waals surface area contributed by atoms with Gasteiger partial charge in [-0.05, 0) is 23.8 Å². The van der Waals surface area contributed by atoms with Crippen molar-refractivity contribution in [1.82, 2.24) is 4.90 Å². The Labute approximate surface area is 147 Å². The van der Waals surface area contributed by atoms with Crippen molar-refractivity contribution in [3.63, 3.8) is 0 Å². The van der Waals surface area contributed by atoms with E-state index in [9.17, 15) is 14.7 Å². The SMILES string of the molecule is CC(=O)Nc1cccc(C(=O)N(C/C=C/c2ccccc2)CCO)c1. The highest BCUT2D eigenvalue weighted by Gasteiger charge is 2.14. The van der Waals surface area contributed by atoms with Gasteiger partial charge < -0.3 is 15.3 Å². The molecule has 25 heavy (non-hydrogen) atoms. The minimum Gasteiger partial charge on any atom is -0.395 e. The summed E-state index contributed by atoms with van der Waals surface area (Å²) < 4.78 is 0. The number of nitrogens with zero attached hydrogens (tertiary/aromatic N) is 1. The van der Waals surface area contributed by atoms with Crippen LogP contribution >= 0.6 is 0 Å². The third-order valence-electron chi connectivity index (χ3n) is 3.52. The van der Waals surface area contributed by atoms with E-state index in [0.717, 1.165) is 5.56 Å². The molecular formula is C20H22N2O3. The van der Waals surface area contributed by atoms with Crippen LogP contribution in [0.1, 0.15) is 22.8 Å². The summed E-state index contributed by atoms with van der Waals surface area (Å²) in [6, 6.07) is 16.6. The fourth-order valence-electron chi connectivity index (χ4n) is 2.39. The summed E-state index contributed by atoms with van der Waals surface area (Å²) in [4.78, 5) is 25.4. The number of carbonyl (C=O) groups is 2. The predicted molar refractivity (Wildman–Crippen MR) is 99.2 cm³/mol. The van der Waals surface area contributed by atoms with Gasteiger partial charge in [0.25, 0.3) is 5.91 Å². The minimum absolute atomic E-state index is 0.115. The largest absolute Gasteiger partial charge is 0.395 e. The number of rotatable bonds is 7. The van der Waals surface area contributed by atoms with Gasteiger partial charge in [0.05, 0.1) is 6.61 Å². The van der Waals surface area contributed by atoms with Gasteiger partial charge in [-0.3, -0.25) is 9.59 Å². The summed E-state index contributed by atoms with van der Waals surface area (Å²) in [5.41, 5.74) is 2.08. The van der Waals surface area contributed by atoms with E-state index >= 15 is 0 Å². The van der Waals surface area contributed by atoms with Gasteiger partial charge in [-0.2, -0.15) is 0 Å². The Balaban J connectivity index is 2.09. The van der Waals surface area contributed by atoms with Crippen LogP contribution in [-0.4, -0.2) is 41.5 Å². The van der Waals surface area contributed by atoms with Crippen LogP contribution in [0.2, 0.25) is 0 Å². The molecule has 5 nitrogen and oxygen atoms in total. The van der Waals surface area contributed by atoms with E-state index in [2.05, 4.69) is 5.32 Å². The van der Waals surface area contributed by atoms with Crippen LogP contribution < -0.4 is 5.32 Å². The van der Waals surface area contributed by atoms with Gasteiger partial charge in [0, 0.05) is 31.3 Å². The van der Waals surface area contributed by atoms with Gasteiger partial charge in [-0.1, -0.05) is 48.6 Å². The molecule has 0 saturated heterocycles. The van der Waals surface area contributed by atoms with Crippen LogP contribution in [0.3, 0.4) is 0 Å². The van der Waals surface area contributed by atoms with Crippen molar-refractivity contribution in [2.24, 2.45) is 0 Å². The van der Waals surface area contributed by atoms with Crippen LogP contribution in [0.25, 0.3) is 6.08 Å². The Morgan fingerprint density at radius 2 is 1.88 bits per heavy atom. The zero-order valence-corrected chi connectivity index (χ0v) is 14.2. The number of benzene rings is 2. The van der Waals surface area contributed by atoms with Gasteiger partial charge in [-0.15, -0.1) is 0 Å². The molecule has 0 fully saturated rings. The van der Waals surface area contributed by atoms with Crippen molar-refractivity contribution in [3.05, 3.63) is 71.8 Å². The first kappa shape index (κ1) is 18.4. The smallest absolute Gasteiger partial charge is 0.254 e. The first-order chi connectivity index (χ1) is 12.1. The summed E-state index contributed by atoms with van der Waals surface area (Å²) in [5.74, 6) is -0.387. The molecular weight excluding hydrogens is 316 g/mol. The first-order valence-electron chi connectivity index (χ1n) is 8.09. The van der Waals surface area contributed by atoms with Gasteiger partial charge in [0.15, 0.2) is 0 Å². The van der Waals surface area contributed by atoms with Crippen molar-refractivity contribution in [2.45, 2.75) is 6.92 Å². The third-order valence-corrected chi connectivity index (χ3v) is 3.52. The summed E-state index contributed by atoms with van der Waals surface area (Å²) in [6.07, 6.45) is 3.83. The molecule has 0 atom stereocenters. The number of aliphatic hydroxyl groups is 1. The second-order valence-electron chi connectivity index (χ2n) is 5.55. The van der Waals surface area contributed by atoms with E-state index in [1.807, 2.05) is 42.5 Å². The number of hydrogen-bond donors (Lipinski definition) is 2. The fourth-order valence-corrected chi connectivity index (χ4v) is 2.39. The Morgan fingerprint density at radius 3 is 2.56 bits per heavy atom. The maximum absolute atomic E-state index is 12.7. The third kappa shape index (κ3) is 5.90. The lowest BCUT2D eigenvalue weighted by Crippen LogP contribution is -2.33. The Bertz CT molecular complexity index is 742. The summed E-state index contributed by atoms with van der Waals surface area (Å²) in [5, 5.41) is 11.9. The van der Waals surface area contributed by atoms with Crippen molar-refractivity contribution in [1.29, 1.82) is 0 Å². The van der Waals surface area contributed by atoms with E-state index in [-0.39, 0.29) is 25.0 Å². The fraction of sp³-hybridized carbons (Fsp3) is 0.200. The molecule has 2 aromatic carbocycles. The Morgan fingerprint density at radius 1 is 1.12 bits per heavy atom. The number of carbonyl (C=O) groups excluding carboxylic acids is 2. The van der Waals surface area contributed by atoms with E-state index in [4.69, 9.17) is 0 Å². The molecule has 2 N–H and O–H groups in total. The highest BCUT2D eigenvalue weighted by molar-refractivity contribution is 5.97. The summed E-state index contributed by atoms with van der Waals surface area (Å²) in [6.45, 7) is 1.93. The van der Waals surface area contributed by atoms with Crippen LogP contribution in [0.4, 0.5) is 5.69 Å². The minimum atomic E-state index is -0.195. The van der Waals surface area contributed by atoms with Gasteiger partial charge >= 0.3 is 0 Å². The van der Waals surface area contributed by atoms with Crippen molar-refractivity contribution in [2.75, 3.05) is 25.0 Å². The standard InChI is InChI=1S/C20H22N2O3/c1-16(24)21-19-11-5-10-18(15-19)20(25)22(13-14-23)12-6-9-17-7-3-2-4-8-17/h2-11,15,23H,12-14H2,1H3,(H,21,24)/b9-6+. The molecule has 0 bridgehead atoms. The quantitative estimate of drug-likeness (QED) is 0.815. The molecule has 130 valence electrons. The zero-order chi connectivity index (χ0) is 18.1. The van der Waals surface area contributed by atoms with Crippen molar-refractivity contribution < 1.29 is 14.7 Å². The van der Waals surface area contributed by atoms with Gasteiger partial charge in [0.1, 0.15) is 0 Å². The monoisotopic (exact) mass is 338 g/mol. The zero-order valence-electron chi connectivity index (χ0n) is 14.2. The summed E-state index contributed by atoms with van der Waals surface area (Å²) >= 11 is 0. The van der Waals surface area contributed by atoms with Crippen LogP contribution in [0.5, 0.6) is 0 Å². The summed E-state index contributed by atoms with van der Waals surface area (Å²) in [7, 11) is 0. The van der Waals surface area contributed by atoms with Crippen molar-refractivity contribution >= 4 is 23.6 Å². The number of amides is 2. The Hall–Kier alpha value is -2.92. The lowest BCUT2D eigenvalue weighted by atomic mass is 10.1. The van der Waals surface area contributed by atoms with Crippen LogP contribution in [0.15, 0.2) is 60.7 Å². The second-order valence-corrected chi connectivity index (χ2v) is 5.55. The maximum Gasteiger partial charge on any atom is 0.254 e. The average Bonchev–Trinajstić information content (AvgIpc) is 2.61. The Kier molecular flexibility index (Phi) is 6.92. The van der Waals surface area contributed by atoms with Crippen LogP contribution in [0, 0.1) is 0 Å². The molecule has 0 aliphatic carbocycles. The molecule has 0 aliphatic heterocycles. The lowest BCUT2D eigenvalue weighted by molar-refractivity contribution is -0.114. The highest BCUT2D eigenvalue weighted by Crippen LogP contribution is 2.13. The van der Waals surface area contributed by atoms with E-state index in [1.165, 1.54) is 6.92 Å². The lowest BCUT2D eigenvalue weighted by Gasteiger charge is -2.20. The molecule has 0 aromatic heterocycles.